The lowest BCUT2D eigenvalue weighted by Crippen LogP contribution is -2.10. The summed E-state index contributed by atoms with van der Waals surface area (Å²) in [6.45, 7) is 0. The van der Waals surface area contributed by atoms with Crippen molar-refractivity contribution in [3.05, 3.63) is 58.1 Å². The number of rotatable bonds is 3. The molecule has 22 heavy (non-hydrogen) atoms. The SMILES string of the molecule is NC(=O)c1cccc(-c2nc3ccc([N+](=O)[O-])cc3n2O)c1. The van der Waals surface area contributed by atoms with Crippen LogP contribution in [-0.4, -0.2) is 25.8 Å². The molecule has 8 nitrogen and oxygen atoms in total. The van der Waals surface area contributed by atoms with E-state index in [2.05, 4.69) is 4.98 Å². The smallest absolute Gasteiger partial charge is 0.271 e. The first-order valence-electron chi connectivity index (χ1n) is 6.24. The second-order valence-electron chi connectivity index (χ2n) is 4.62. The lowest BCUT2D eigenvalue weighted by Gasteiger charge is -2.02. The Kier molecular flexibility index (Phi) is 2.99. The zero-order valence-corrected chi connectivity index (χ0v) is 11.1. The van der Waals surface area contributed by atoms with Crippen LogP contribution >= 0.6 is 0 Å². The van der Waals surface area contributed by atoms with Crippen LogP contribution in [0.5, 0.6) is 0 Å². The van der Waals surface area contributed by atoms with E-state index in [9.17, 15) is 20.1 Å². The van der Waals surface area contributed by atoms with Gasteiger partial charge in [0.25, 0.3) is 5.69 Å². The van der Waals surface area contributed by atoms with Crippen LogP contribution in [0.15, 0.2) is 42.5 Å². The van der Waals surface area contributed by atoms with Gasteiger partial charge in [0.05, 0.1) is 10.4 Å². The number of nitro benzene ring substituents is 1. The fourth-order valence-corrected chi connectivity index (χ4v) is 2.16. The molecular weight excluding hydrogens is 288 g/mol. The molecule has 0 bridgehead atoms. The maximum atomic E-state index is 11.2. The van der Waals surface area contributed by atoms with Crippen LogP contribution in [0.4, 0.5) is 5.69 Å². The number of nitrogens with two attached hydrogens (primary N) is 1. The number of fused-ring (bicyclic) bond motifs is 1. The summed E-state index contributed by atoms with van der Waals surface area (Å²) in [5.41, 5.74) is 6.41. The quantitative estimate of drug-likeness (QED) is 0.434. The standard InChI is InChI=1S/C14H10N4O4/c15-13(19)8-2-1-3-9(6-8)14-16-11-5-4-10(18(21)22)7-12(11)17(14)20/h1-7,20H,(H2,15,19). The molecule has 3 N–H and O–H groups in total. The first-order chi connectivity index (χ1) is 10.5. The van der Waals surface area contributed by atoms with Crippen LogP contribution < -0.4 is 5.73 Å². The van der Waals surface area contributed by atoms with Crippen molar-refractivity contribution in [1.82, 2.24) is 9.71 Å². The molecule has 0 saturated heterocycles. The highest BCUT2D eigenvalue weighted by molar-refractivity contribution is 5.94. The van der Waals surface area contributed by atoms with Gasteiger partial charge in [0.2, 0.25) is 5.91 Å². The molecule has 0 unspecified atom stereocenters. The number of hydrogen-bond acceptors (Lipinski definition) is 5. The molecule has 1 heterocycles. The van der Waals surface area contributed by atoms with E-state index in [1.54, 1.807) is 18.2 Å². The van der Waals surface area contributed by atoms with Crippen LogP contribution in [-0.2, 0) is 0 Å². The molecule has 110 valence electrons. The summed E-state index contributed by atoms with van der Waals surface area (Å²) in [5.74, 6) is -0.434. The Bertz CT molecular complexity index is 916. The van der Waals surface area contributed by atoms with Gasteiger partial charge in [-0.2, -0.15) is 4.73 Å². The molecule has 0 aliphatic rings. The Hall–Kier alpha value is -3.42. The van der Waals surface area contributed by atoms with Crippen LogP contribution in [0, 0.1) is 10.1 Å². The minimum Gasteiger partial charge on any atom is -0.426 e. The van der Waals surface area contributed by atoms with Crippen LogP contribution in [0.3, 0.4) is 0 Å². The van der Waals surface area contributed by atoms with Gasteiger partial charge in [0.1, 0.15) is 5.52 Å². The molecular formula is C14H10N4O4. The van der Waals surface area contributed by atoms with Crippen molar-refractivity contribution in [1.29, 1.82) is 0 Å². The van der Waals surface area contributed by atoms with Gasteiger partial charge >= 0.3 is 0 Å². The number of nitrogens with zero attached hydrogens (tertiary/aromatic N) is 3. The predicted molar refractivity (Wildman–Crippen MR) is 77.5 cm³/mol. The summed E-state index contributed by atoms with van der Waals surface area (Å²) in [6, 6.07) is 10.3. The van der Waals surface area contributed by atoms with E-state index < -0.39 is 10.8 Å². The summed E-state index contributed by atoms with van der Waals surface area (Å²) in [6.07, 6.45) is 0. The second-order valence-corrected chi connectivity index (χ2v) is 4.62. The number of aromatic nitrogens is 2. The third kappa shape index (κ3) is 2.12. The van der Waals surface area contributed by atoms with Crippen molar-refractivity contribution >= 4 is 22.6 Å². The normalized spacial score (nSPS) is 10.7. The first kappa shape index (κ1) is 13.6. The largest absolute Gasteiger partial charge is 0.426 e. The number of nitro groups is 1. The Labute approximate surface area is 123 Å². The predicted octanol–water partition coefficient (Wildman–Crippen LogP) is 1.95. The van der Waals surface area contributed by atoms with Gasteiger partial charge in [-0.3, -0.25) is 14.9 Å². The van der Waals surface area contributed by atoms with E-state index in [0.29, 0.717) is 11.1 Å². The molecule has 0 aliphatic carbocycles. The highest BCUT2D eigenvalue weighted by Gasteiger charge is 2.16. The fourth-order valence-electron chi connectivity index (χ4n) is 2.16. The molecule has 3 rings (SSSR count). The molecule has 8 heteroatoms. The van der Waals surface area contributed by atoms with Gasteiger partial charge in [-0.05, 0) is 18.2 Å². The molecule has 0 aliphatic heterocycles. The number of benzene rings is 2. The minimum absolute atomic E-state index is 0.153. The summed E-state index contributed by atoms with van der Waals surface area (Å²) in [7, 11) is 0. The van der Waals surface area contributed by atoms with Gasteiger partial charge in [-0.25, -0.2) is 4.98 Å². The maximum Gasteiger partial charge on any atom is 0.271 e. The third-order valence-corrected chi connectivity index (χ3v) is 3.23. The molecule has 3 aromatic rings. The van der Waals surface area contributed by atoms with Crippen molar-refractivity contribution in [2.45, 2.75) is 0 Å². The Balaban J connectivity index is 2.19. The lowest BCUT2D eigenvalue weighted by atomic mass is 10.1. The summed E-state index contributed by atoms with van der Waals surface area (Å²) >= 11 is 0. The average molecular weight is 298 g/mol. The number of carbonyl (C=O) groups excluding carboxylic acids is 1. The zero-order chi connectivity index (χ0) is 15.9. The number of primary amides is 1. The van der Waals surface area contributed by atoms with Gasteiger partial charge in [0, 0.05) is 23.3 Å². The van der Waals surface area contributed by atoms with E-state index in [0.717, 1.165) is 4.73 Å². The molecule has 0 saturated carbocycles. The van der Waals surface area contributed by atoms with Gasteiger partial charge in [-0.15, -0.1) is 0 Å². The molecule has 0 fully saturated rings. The average Bonchev–Trinajstić information content (AvgIpc) is 2.84. The first-order valence-corrected chi connectivity index (χ1v) is 6.24. The number of imidazole rings is 1. The second kappa shape index (κ2) is 4.85. The van der Waals surface area contributed by atoms with Crippen LogP contribution in [0.25, 0.3) is 22.4 Å². The van der Waals surface area contributed by atoms with E-state index >= 15 is 0 Å². The van der Waals surface area contributed by atoms with Crippen molar-refractivity contribution in [2.24, 2.45) is 5.73 Å². The monoisotopic (exact) mass is 298 g/mol. The Morgan fingerprint density at radius 1 is 1.27 bits per heavy atom. The van der Waals surface area contributed by atoms with E-state index in [-0.39, 0.29) is 22.6 Å². The Morgan fingerprint density at radius 2 is 2.05 bits per heavy atom. The van der Waals surface area contributed by atoms with Gasteiger partial charge < -0.3 is 10.9 Å². The molecule has 0 atom stereocenters. The molecule has 2 aromatic carbocycles. The van der Waals surface area contributed by atoms with Gasteiger partial charge in [-0.1, -0.05) is 12.1 Å². The third-order valence-electron chi connectivity index (χ3n) is 3.23. The fraction of sp³-hybridized carbons (Fsp3) is 0. The highest BCUT2D eigenvalue weighted by atomic mass is 16.6. The highest BCUT2D eigenvalue weighted by Crippen LogP contribution is 2.26. The van der Waals surface area contributed by atoms with Gasteiger partial charge in [0.15, 0.2) is 5.82 Å². The molecule has 0 radical (unpaired) electrons. The lowest BCUT2D eigenvalue weighted by molar-refractivity contribution is -0.384. The van der Waals surface area contributed by atoms with Crippen LogP contribution in [0.1, 0.15) is 10.4 Å². The van der Waals surface area contributed by atoms with Crippen molar-refractivity contribution in [3.8, 4) is 11.4 Å². The topological polar surface area (TPSA) is 124 Å². The summed E-state index contributed by atoms with van der Waals surface area (Å²) < 4.78 is 0.752. The molecule has 1 amide bonds. The number of amides is 1. The summed E-state index contributed by atoms with van der Waals surface area (Å²) in [4.78, 5) is 25.7. The van der Waals surface area contributed by atoms with Crippen molar-refractivity contribution in [3.63, 3.8) is 0 Å². The zero-order valence-electron chi connectivity index (χ0n) is 11.1. The minimum atomic E-state index is -0.599. The Morgan fingerprint density at radius 3 is 2.73 bits per heavy atom. The molecule has 1 aromatic heterocycles. The van der Waals surface area contributed by atoms with E-state index in [1.807, 2.05) is 0 Å². The van der Waals surface area contributed by atoms with E-state index in [4.69, 9.17) is 5.73 Å². The maximum absolute atomic E-state index is 11.2. The number of hydrogen-bond donors (Lipinski definition) is 2. The molecule has 0 spiro atoms. The number of carbonyl (C=O) groups is 1. The van der Waals surface area contributed by atoms with Crippen molar-refractivity contribution < 1.29 is 14.9 Å². The summed E-state index contributed by atoms with van der Waals surface area (Å²) in [5, 5.41) is 21.0. The van der Waals surface area contributed by atoms with Crippen molar-refractivity contribution in [2.75, 3.05) is 0 Å². The number of non-ortho nitro benzene ring substituents is 1. The van der Waals surface area contributed by atoms with E-state index in [1.165, 1.54) is 24.3 Å². The van der Waals surface area contributed by atoms with Crippen LogP contribution in [0.2, 0.25) is 0 Å².